The van der Waals surface area contributed by atoms with Gasteiger partial charge in [-0.05, 0) is 12.2 Å². The number of hydrogen-bond acceptors (Lipinski definition) is 4. The van der Waals surface area contributed by atoms with Gasteiger partial charge < -0.3 is 19.7 Å². The van der Waals surface area contributed by atoms with Gasteiger partial charge in [-0.3, -0.25) is 4.79 Å². The van der Waals surface area contributed by atoms with E-state index >= 15 is 0 Å². The predicted octanol–water partition coefficient (Wildman–Crippen LogP) is 0.790. The van der Waals surface area contributed by atoms with E-state index in [1.165, 1.54) is 0 Å². The maximum absolute atomic E-state index is 9.00. The molecule has 5 heteroatoms. The molecule has 0 amide bonds. The fourth-order valence-electron chi connectivity index (χ4n) is 0.949. The summed E-state index contributed by atoms with van der Waals surface area (Å²) in [5.74, 6) is 0.120. The Morgan fingerprint density at radius 3 is 2.77 bits per heavy atom. The summed E-state index contributed by atoms with van der Waals surface area (Å²) in [4.78, 5) is 9.00. The molecule has 2 N–H and O–H groups in total. The molecule has 1 aliphatic carbocycles. The van der Waals surface area contributed by atoms with Crippen LogP contribution in [0, 0.1) is 0 Å². The Bertz CT molecular complexity index is 262. The molecule has 1 aliphatic heterocycles. The maximum atomic E-state index is 9.00. The first kappa shape index (κ1) is 9.60. The summed E-state index contributed by atoms with van der Waals surface area (Å²) in [5, 5.41) is 16.4. The minimum atomic E-state index is -0.833. The van der Waals surface area contributed by atoms with Crippen molar-refractivity contribution < 1.29 is 24.5 Å². The summed E-state index contributed by atoms with van der Waals surface area (Å²) < 4.78 is 9.95. The van der Waals surface area contributed by atoms with Gasteiger partial charge in [-0.2, -0.15) is 0 Å². The summed E-state index contributed by atoms with van der Waals surface area (Å²) in [6.07, 6.45) is 3.00. The Kier molecular flexibility index (Phi) is 2.92. The van der Waals surface area contributed by atoms with Gasteiger partial charge in [0.1, 0.15) is 11.5 Å². The lowest BCUT2D eigenvalue weighted by molar-refractivity contribution is -0.134. The van der Waals surface area contributed by atoms with E-state index < -0.39 is 5.97 Å². The number of aliphatic carboxylic acids is 1. The summed E-state index contributed by atoms with van der Waals surface area (Å²) in [5.41, 5.74) is 0. The molecule has 2 rings (SSSR count). The van der Waals surface area contributed by atoms with E-state index in [4.69, 9.17) is 24.5 Å². The first-order valence-corrected chi connectivity index (χ1v) is 3.66. The molecule has 72 valence electrons. The van der Waals surface area contributed by atoms with Gasteiger partial charge in [-0.15, -0.1) is 0 Å². The highest BCUT2D eigenvalue weighted by atomic mass is 16.7. The van der Waals surface area contributed by atoms with Crippen LogP contribution in [0.4, 0.5) is 0 Å². The van der Waals surface area contributed by atoms with Crippen LogP contribution in [-0.4, -0.2) is 29.1 Å². The molecule has 1 saturated heterocycles. The van der Waals surface area contributed by atoms with Gasteiger partial charge in [0.15, 0.2) is 12.9 Å². The Labute approximate surface area is 74.9 Å². The Hall–Kier alpha value is -1.49. The molecule has 1 unspecified atom stereocenters. The zero-order chi connectivity index (χ0) is 9.84. The Morgan fingerprint density at radius 1 is 1.62 bits per heavy atom. The fraction of sp³-hybridized carbons (Fsp3) is 0.375. The van der Waals surface area contributed by atoms with Crippen molar-refractivity contribution in [2.75, 3.05) is 6.79 Å². The van der Waals surface area contributed by atoms with E-state index in [1.54, 1.807) is 12.2 Å². The first-order chi connectivity index (χ1) is 6.11. The van der Waals surface area contributed by atoms with E-state index in [0.717, 1.165) is 6.92 Å². The van der Waals surface area contributed by atoms with Crippen LogP contribution in [0.5, 0.6) is 0 Å². The first-order valence-electron chi connectivity index (χ1n) is 3.66. The molecule has 0 aromatic rings. The van der Waals surface area contributed by atoms with E-state index in [1.807, 2.05) is 0 Å². The topological polar surface area (TPSA) is 76.0 Å². The molecule has 0 saturated carbocycles. The maximum Gasteiger partial charge on any atom is 0.300 e. The highest BCUT2D eigenvalue weighted by molar-refractivity contribution is 5.62. The Morgan fingerprint density at radius 2 is 2.23 bits per heavy atom. The third-order valence-corrected chi connectivity index (χ3v) is 1.41. The monoisotopic (exact) mass is 186 g/mol. The minimum absolute atomic E-state index is 0.238. The van der Waals surface area contributed by atoms with Crippen molar-refractivity contribution in [3.63, 3.8) is 0 Å². The van der Waals surface area contributed by atoms with Crippen molar-refractivity contribution in [2.24, 2.45) is 0 Å². The summed E-state index contributed by atoms with van der Waals surface area (Å²) in [7, 11) is 0. The van der Waals surface area contributed by atoms with Crippen molar-refractivity contribution >= 4 is 5.97 Å². The SMILES string of the molecule is CC(=O)O.OC1=CC=C2OCOC12. The molecule has 5 nitrogen and oxygen atoms in total. The second kappa shape index (κ2) is 3.95. The van der Waals surface area contributed by atoms with Crippen molar-refractivity contribution in [1.82, 2.24) is 0 Å². The number of ether oxygens (including phenoxy) is 2. The van der Waals surface area contributed by atoms with Crippen molar-refractivity contribution in [1.29, 1.82) is 0 Å². The number of aliphatic hydroxyl groups is 1. The number of rotatable bonds is 0. The lowest BCUT2D eigenvalue weighted by atomic mass is 10.3. The predicted molar refractivity (Wildman–Crippen MR) is 42.9 cm³/mol. The number of fused-ring (bicyclic) bond motifs is 1. The Balaban J connectivity index is 0.000000184. The summed E-state index contributed by atoms with van der Waals surface area (Å²) in [6.45, 7) is 1.34. The van der Waals surface area contributed by atoms with Gasteiger partial charge >= 0.3 is 0 Å². The molecule has 0 aromatic heterocycles. The van der Waals surface area contributed by atoms with Crippen LogP contribution in [0.1, 0.15) is 6.92 Å². The number of aliphatic hydroxyl groups excluding tert-OH is 1. The van der Waals surface area contributed by atoms with Crippen LogP contribution < -0.4 is 0 Å². The lowest BCUT2D eigenvalue weighted by Crippen LogP contribution is -2.06. The van der Waals surface area contributed by atoms with Crippen molar-refractivity contribution in [2.45, 2.75) is 13.0 Å². The fourth-order valence-corrected chi connectivity index (χ4v) is 0.949. The number of carboxylic acid groups (broad SMARTS) is 1. The van der Waals surface area contributed by atoms with Gasteiger partial charge in [0.05, 0.1) is 0 Å². The summed E-state index contributed by atoms with van der Waals surface area (Å²) >= 11 is 0. The molecule has 13 heavy (non-hydrogen) atoms. The third kappa shape index (κ3) is 2.48. The van der Waals surface area contributed by atoms with E-state index in [2.05, 4.69) is 0 Å². The molecule has 0 bridgehead atoms. The standard InChI is InChI=1S/C6H6O3.C2H4O2/c7-4-1-2-5-6(4)9-3-8-5;1-2(3)4/h1-2,6-7H,3H2;1H3,(H,3,4). The highest BCUT2D eigenvalue weighted by Gasteiger charge is 2.30. The second-order valence-corrected chi connectivity index (χ2v) is 2.49. The van der Waals surface area contributed by atoms with Crippen molar-refractivity contribution in [3.8, 4) is 0 Å². The highest BCUT2D eigenvalue weighted by Crippen LogP contribution is 2.26. The summed E-state index contributed by atoms with van der Waals surface area (Å²) in [6, 6.07) is 0. The van der Waals surface area contributed by atoms with Crippen LogP contribution in [0.25, 0.3) is 0 Å². The average molecular weight is 186 g/mol. The van der Waals surface area contributed by atoms with Gasteiger partial charge in [0, 0.05) is 6.92 Å². The van der Waals surface area contributed by atoms with E-state index in [9.17, 15) is 0 Å². The zero-order valence-electron chi connectivity index (χ0n) is 7.06. The van der Waals surface area contributed by atoms with Gasteiger partial charge in [0.25, 0.3) is 5.97 Å². The molecule has 0 spiro atoms. The largest absolute Gasteiger partial charge is 0.509 e. The zero-order valence-corrected chi connectivity index (χ0v) is 7.06. The van der Waals surface area contributed by atoms with Crippen LogP contribution in [0.3, 0.4) is 0 Å². The van der Waals surface area contributed by atoms with E-state index in [0.29, 0.717) is 5.76 Å². The molecular formula is C8H10O5. The number of hydrogen-bond donors (Lipinski definition) is 2. The molecule has 1 fully saturated rings. The van der Waals surface area contributed by atoms with Gasteiger partial charge in [0.2, 0.25) is 0 Å². The smallest absolute Gasteiger partial charge is 0.300 e. The van der Waals surface area contributed by atoms with Gasteiger partial charge in [-0.1, -0.05) is 0 Å². The number of carbonyl (C=O) groups is 1. The molecular weight excluding hydrogens is 176 g/mol. The second-order valence-electron chi connectivity index (χ2n) is 2.49. The molecule has 0 radical (unpaired) electrons. The number of allylic oxidation sites excluding steroid dienone is 2. The third-order valence-electron chi connectivity index (χ3n) is 1.41. The molecule has 1 atom stereocenters. The van der Waals surface area contributed by atoms with Crippen LogP contribution in [0.15, 0.2) is 23.7 Å². The number of carboxylic acids is 1. The lowest BCUT2D eigenvalue weighted by Gasteiger charge is -1.99. The van der Waals surface area contributed by atoms with Crippen molar-refractivity contribution in [3.05, 3.63) is 23.7 Å². The molecule has 1 heterocycles. The quantitative estimate of drug-likeness (QED) is 0.584. The molecule has 2 aliphatic rings. The van der Waals surface area contributed by atoms with E-state index in [-0.39, 0.29) is 18.7 Å². The average Bonchev–Trinajstić information content (AvgIpc) is 2.54. The minimum Gasteiger partial charge on any atom is -0.509 e. The van der Waals surface area contributed by atoms with Crippen LogP contribution in [-0.2, 0) is 14.3 Å². The van der Waals surface area contributed by atoms with Crippen LogP contribution in [0.2, 0.25) is 0 Å². The molecule has 0 aromatic carbocycles. The van der Waals surface area contributed by atoms with Gasteiger partial charge in [-0.25, -0.2) is 0 Å². The normalized spacial score (nSPS) is 23.3. The van der Waals surface area contributed by atoms with Crippen LogP contribution >= 0.6 is 0 Å².